The lowest BCUT2D eigenvalue weighted by Crippen LogP contribution is -2.27. The topological polar surface area (TPSA) is 41.1 Å². The van der Waals surface area contributed by atoms with Gasteiger partial charge in [-0.1, -0.05) is 22.9 Å². The summed E-state index contributed by atoms with van der Waals surface area (Å²) in [6.07, 6.45) is 0.948. The Morgan fingerprint density at radius 1 is 1.43 bits per heavy atom. The minimum Gasteiger partial charge on any atom is -0.374 e. The van der Waals surface area contributed by atoms with Crippen LogP contribution in [0.15, 0.2) is 16.6 Å². The smallest absolute Gasteiger partial charge is 0.243 e. The molecule has 1 aliphatic rings. The summed E-state index contributed by atoms with van der Waals surface area (Å²) in [6, 6.07) is 4.01. The van der Waals surface area contributed by atoms with Crippen LogP contribution in [0.3, 0.4) is 0 Å². The molecule has 0 atom stereocenters. The Morgan fingerprint density at radius 3 is 2.93 bits per heavy atom. The highest BCUT2D eigenvalue weighted by atomic mass is 79.9. The van der Waals surface area contributed by atoms with Crippen molar-refractivity contribution in [2.45, 2.75) is 13.3 Å². The Kier molecular flexibility index (Phi) is 2.46. The Labute approximate surface area is 91.0 Å². The highest BCUT2D eigenvalue weighted by Gasteiger charge is 2.15. The van der Waals surface area contributed by atoms with Crippen LogP contribution in [-0.2, 0) is 11.2 Å². The first-order valence-corrected chi connectivity index (χ1v) is 5.36. The van der Waals surface area contributed by atoms with Crippen molar-refractivity contribution in [1.82, 2.24) is 0 Å². The molecule has 1 aromatic rings. The van der Waals surface area contributed by atoms with Crippen LogP contribution < -0.4 is 10.6 Å². The summed E-state index contributed by atoms with van der Waals surface area (Å²) in [6.45, 7) is 2.44. The predicted octanol–water partition coefficient (Wildman–Crippen LogP) is 2.38. The van der Waals surface area contributed by atoms with Crippen LogP contribution >= 0.6 is 15.9 Å². The van der Waals surface area contributed by atoms with Crippen LogP contribution in [0.2, 0.25) is 0 Å². The number of benzene rings is 1. The van der Waals surface area contributed by atoms with Gasteiger partial charge in [-0.2, -0.15) is 0 Å². The van der Waals surface area contributed by atoms with Crippen molar-refractivity contribution in [3.8, 4) is 0 Å². The van der Waals surface area contributed by atoms with Crippen LogP contribution in [-0.4, -0.2) is 12.5 Å². The largest absolute Gasteiger partial charge is 0.374 e. The minimum absolute atomic E-state index is 0.0156. The molecular weight excluding hydrogens is 244 g/mol. The third kappa shape index (κ3) is 1.62. The molecule has 1 heterocycles. The molecule has 0 spiro atoms. The molecule has 0 aromatic heterocycles. The Balaban J connectivity index is 2.46. The summed E-state index contributed by atoms with van der Waals surface area (Å²) in [5.41, 5.74) is 3.06. The molecule has 3 nitrogen and oxygen atoms in total. The van der Waals surface area contributed by atoms with E-state index in [0.717, 1.165) is 22.3 Å². The first kappa shape index (κ1) is 9.52. The molecule has 0 saturated carbocycles. The maximum Gasteiger partial charge on any atom is 0.243 e. The third-order valence-corrected chi connectivity index (χ3v) is 3.02. The Morgan fingerprint density at radius 2 is 2.21 bits per heavy atom. The molecule has 74 valence electrons. The summed E-state index contributed by atoms with van der Waals surface area (Å²) < 4.78 is 1.09. The second-order valence-electron chi connectivity index (χ2n) is 3.24. The van der Waals surface area contributed by atoms with E-state index in [1.54, 1.807) is 0 Å². The first-order valence-electron chi connectivity index (χ1n) is 4.57. The maximum absolute atomic E-state index is 11.1. The average molecular weight is 255 g/mol. The number of aryl methyl sites for hydroxylation is 1. The minimum atomic E-state index is 0.0156. The highest BCUT2D eigenvalue weighted by Crippen LogP contribution is 2.31. The number of rotatable bonds is 1. The van der Waals surface area contributed by atoms with Gasteiger partial charge in [-0.3, -0.25) is 4.79 Å². The van der Waals surface area contributed by atoms with Gasteiger partial charge in [0.25, 0.3) is 0 Å². The highest BCUT2D eigenvalue weighted by molar-refractivity contribution is 9.10. The summed E-state index contributed by atoms with van der Waals surface area (Å²) in [5, 5.41) is 5.90. The second kappa shape index (κ2) is 3.61. The van der Waals surface area contributed by atoms with Gasteiger partial charge in [0.05, 0.1) is 17.9 Å². The fraction of sp³-hybridized carbons (Fsp3) is 0.300. The van der Waals surface area contributed by atoms with Gasteiger partial charge in [-0.05, 0) is 24.1 Å². The zero-order chi connectivity index (χ0) is 10.1. The van der Waals surface area contributed by atoms with Crippen molar-refractivity contribution in [1.29, 1.82) is 0 Å². The van der Waals surface area contributed by atoms with Gasteiger partial charge in [0.2, 0.25) is 5.91 Å². The van der Waals surface area contributed by atoms with Crippen LogP contribution in [0.4, 0.5) is 11.4 Å². The molecule has 1 amide bonds. The van der Waals surface area contributed by atoms with Crippen LogP contribution in [0.1, 0.15) is 12.5 Å². The van der Waals surface area contributed by atoms with Gasteiger partial charge >= 0.3 is 0 Å². The molecule has 0 radical (unpaired) electrons. The third-order valence-electron chi connectivity index (χ3n) is 2.28. The molecule has 0 unspecified atom stereocenters. The molecule has 0 fully saturated rings. The normalized spacial score (nSPS) is 14.3. The van der Waals surface area contributed by atoms with E-state index in [4.69, 9.17) is 0 Å². The number of hydrogen-bond donors (Lipinski definition) is 2. The average Bonchev–Trinajstić information content (AvgIpc) is 2.17. The molecule has 4 heteroatoms. The number of halogens is 1. The fourth-order valence-electron chi connectivity index (χ4n) is 1.51. The van der Waals surface area contributed by atoms with Crippen molar-refractivity contribution in [3.63, 3.8) is 0 Å². The predicted molar refractivity (Wildman–Crippen MR) is 60.6 cm³/mol. The fourth-order valence-corrected chi connectivity index (χ4v) is 2.13. The molecule has 2 N–H and O–H groups in total. The summed E-state index contributed by atoms with van der Waals surface area (Å²) in [4.78, 5) is 11.1. The number of carbonyl (C=O) groups is 1. The SMILES string of the molecule is CCc1cc2c(cc1Br)NCC(=O)N2. The first-order chi connectivity index (χ1) is 6.70. The number of fused-ring (bicyclic) bond motifs is 1. The number of hydrogen-bond acceptors (Lipinski definition) is 2. The maximum atomic E-state index is 11.1. The Bertz CT molecular complexity index is 390. The molecule has 0 saturated heterocycles. The quantitative estimate of drug-likeness (QED) is 0.808. The molecule has 0 aliphatic carbocycles. The van der Waals surface area contributed by atoms with E-state index in [1.165, 1.54) is 5.56 Å². The monoisotopic (exact) mass is 254 g/mol. The van der Waals surface area contributed by atoms with Gasteiger partial charge < -0.3 is 10.6 Å². The number of anilines is 2. The van der Waals surface area contributed by atoms with Gasteiger partial charge in [0.15, 0.2) is 0 Å². The number of nitrogens with one attached hydrogen (secondary N) is 2. The van der Waals surface area contributed by atoms with Crippen molar-refractivity contribution >= 4 is 33.2 Å². The lowest BCUT2D eigenvalue weighted by Gasteiger charge is -2.20. The molecule has 1 aliphatic heterocycles. The van der Waals surface area contributed by atoms with Gasteiger partial charge in [0, 0.05) is 4.47 Å². The van der Waals surface area contributed by atoms with Crippen molar-refractivity contribution < 1.29 is 4.79 Å². The number of carbonyl (C=O) groups excluding carboxylic acids is 1. The molecule has 2 rings (SSSR count). The van der Waals surface area contributed by atoms with Crippen molar-refractivity contribution in [2.24, 2.45) is 0 Å². The van der Waals surface area contributed by atoms with Crippen LogP contribution in [0.5, 0.6) is 0 Å². The van der Waals surface area contributed by atoms with E-state index in [9.17, 15) is 4.79 Å². The summed E-state index contributed by atoms with van der Waals surface area (Å²) >= 11 is 3.50. The van der Waals surface area contributed by atoms with E-state index in [1.807, 2.05) is 12.1 Å². The molecule has 1 aromatic carbocycles. The zero-order valence-corrected chi connectivity index (χ0v) is 9.44. The lowest BCUT2D eigenvalue weighted by molar-refractivity contribution is -0.114. The lowest BCUT2D eigenvalue weighted by atomic mass is 10.1. The van der Waals surface area contributed by atoms with E-state index >= 15 is 0 Å². The van der Waals surface area contributed by atoms with E-state index in [-0.39, 0.29) is 5.91 Å². The summed E-state index contributed by atoms with van der Waals surface area (Å²) in [5.74, 6) is 0.0156. The van der Waals surface area contributed by atoms with Gasteiger partial charge in [-0.25, -0.2) is 0 Å². The van der Waals surface area contributed by atoms with Gasteiger partial charge in [0.1, 0.15) is 0 Å². The van der Waals surface area contributed by atoms with Crippen LogP contribution in [0.25, 0.3) is 0 Å². The molecule has 0 bridgehead atoms. The van der Waals surface area contributed by atoms with Gasteiger partial charge in [-0.15, -0.1) is 0 Å². The molecule has 14 heavy (non-hydrogen) atoms. The zero-order valence-electron chi connectivity index (χ0n) is 7.86. The van der Waals surface area contributed by atoms with Crippen LogP contribution in [0, 0.1) is 0 Å². The van der Waals surface area contributed by atoms with E-state index in [0.29, 0.717) is 6.54 Å². The van der Waals surface area contributed by atoms with E-state index < -0.39 is 0 Å². The molecular formula is C10H11BrN2O. The number of amides is 1. The van der Waals surface area contributed by atoms with Crippen molar-refractivity contribution in [2.75, 3.05) is 17.2 Å². The standard InChI is InChI=1S/C10H11BrN2O/c1-2-6-3-9-8(4-7(6)11)12-5-10(14)13-9/h3-4,12H,2,5H2,1H3,(H,13,14). The van der Waals surface area contributed by atoms with E-state index in [2.05, 4.69) is 33.5 Å². The second-order valence-corrected chi connectivity index (χ2v) is 4.10. The summed E-state index contributed by atoms with van der Waals surface area (Å²) in [7, 11) is 0. The van der Waals surface area contributed by atoms with Crippen molar-refractivity contribution in [3.05, 3.63) is 22.2 Å². The Hall–Kier alpha value is -1.03.